The molecule has 0 aliphatic carbocycles. The van der Waals surface area contributed by atoms with Crippen LogP contribution in [0.15, 0.2) is 41.6 Å². The Morgan fingerprint density at radius 2 is 2.20 bits per heavy atom. The summed E-state index contributed by atoms with van der Waals surface area (Å²) in [6, 6.07) is 7.48. The van der Waals surface area contributed by atoms with Gasteiger partial charge in [0, 0.05) is 6.07 Å². The van der Waals surface area contributed by atoms with Crippen molar-refractivity contribution in [2.24, 2.45) is 5.73 Å². The van der Waals surface area contributed by atoms with E-state index in [-0.39, 0.29) is 11.6 Å². The summed E-state index contributed by atoms with van der Waals surface area (Å²) in [6.07, 6.45) is 1.33. The van der Waals surface area contributed by atoms with E-state index in [2.05, 4.69) is 14.9 Å². The number of carbonyl (C=O) groups excluding carboxylic acids is 1. The van der Waals surface area contributed by atoms with Gasteiger partial charge in [-0.15, -0.1) is 0 Å². The predicted octanol–water partition coefficient (Wildman–Crippen LogP) is 0.0746. The molecule has 0 saturated carbocycles. The standard InChI is InChI=1S/C11H12N4O4S/c12-10(16)7-19-9-3-1-2-8(6-9)15-20(17,18)11-4-5-13-14-11/h1-6,15H,7H2,(H2,12,16)(H,13,14). The summed E-state index contributed by atoms with van der Waals surface area (Å²) in [7, 11) is -3.73. The molecular weight excluding hydrogens is 284 g/mol. The van der Waals surface area contributed by atoms with Crippen LogP contribution in [0.5, 0.6) is 5.75 Å². The van der Waals surface area contributed by atoms with Crippen molar-refractivity contribution in [1.29, 1.82) is 0 Å². The van der Waals surface area contributed by atoms with Crippen molar-refractivity contribution in [3.8, 4) is 5.75 Å². The summed E-state index contributed by atoms with van der Waals surface area (Å²) in [5.41, 5.74) is 5.25. The van der Waals surface area contributed by atoms with Gasteiger partial charge in [0.05, 0.1) is 11.9 Å². The van der Waals surface area contributed by atoms with E-state index in [9.17, 15) is 13.2 Å². The number of rotatable bonds is 6. The summed E-state index contributed by atoms with van der Waals surface area (Å²) in [5.74, 6) is -0.290. The van der Waals surface area contributed by atoms with Crippen molar-refractivity contribution < 1.29 is 17.9 Å². The molecule has 1 heterocycles. The maximum Gasteiger partial charge on any atom is 0.278 e. The number of primary amides is 1. The summed E-state index contributed by atoms with van der Waals surface area (Å²) in [6.45, 7) is -0.281. The Morgan fingerprint density at radius 3 is 2.85 bits per heavy atom. The minimum Gasteiger partial charge on any atom is -0.484 e. The molecule has 8 nitrogen and oxygen atoms in total. The monoisotopic (exact) mass is 296 g/mol. The summed E-state index contributed by atoms with van der Waals surface area (Å²) in [4.78, 5) is 10.6. The zero-order valence-electron chi connectivity index (χ0n) is 10.2. The van der Waals surface area contributed by atoms with Crippen LogP contribution in [0.3, 0.4) is 0 Å². The van der Waals surface area contributed by atoms with Crippen molar-refractivity contribution in [2.45, 2.75) is 5.03 Å². The van der Waals surface area contributed by atoms with Crippen LogP contribution in [0, 0.1) is 0 Å². The number of hydrogen-bond acceptors (Lipinski definition) is 5. The quantitative estimate of drug-likeness (QED) is 0.695. The SMILES string of the molecule is NC(=O)COc1cccc(NS(=O)(=O)c2ccn[nH]2)c1. The van der Waals surface area contributed by atoms with Gasteiger partial charge in [-0.05, 0) is 18.2 Å². The number of nitrogens with one attached hydrogen (secondary N) is 2. The second kappa shape index (κ2) is 5.61. The molecule has 0 bridgehead atoms. The van der Waals surface area contributed by atoms with Crippen LogP contribution < -0.4 is 15.2 Å². The molecule has 106 valence electrons. The minimum absolute atomic E-state index is 0.0547. The highest BCUT2D eigenvalue weighted by Crippen LogP contribution is 2.20. The maximum absolute atomic E-state index is 11.9. The lowest BCUT2D eigenvalue weighted by Gasteiger charge is -2.08. The lowest BCUT2D eigenvalue weighted by Crippen LogP contribution is -2.20. The number of benzene rings is 1. The van der Waals surface area contributed by atoms with E-state index >= 15 is 0 Å². The molecule has 9 heteroatoms. The van der Waals surface area contributed by atoms with Crippen LogP contribution in [-0.2, 0) is 14.8 Å². The fourth-order valence-corrected chi connectivity index (χ4v) is 2.37. The Bertz CT molecular complexity index is 697. The van der Waals surface area contributed by atoms with Gasteiger partial charge in [0.2, 0.25) is 0 Å². The Kier molecular flexibility index (Phi) is 3.89. The molecule has 1 amide bonds. The number of nitrogens with zero attached hydrogens (tertiary/aromatic N) is 1. The van der Waals surface area contributed by atoms with Crippen LogP contribution in [0.1, 0.15) is 0 Å². The van der Waals surface area contributed by atoms with Gasteiger partial charge < -0.3 is 10.5 Å². The number of amides is 1. The topological polar surface area (TPSA) is 127 Å². The van der Waals surface area contributed by atoms with Gasteiger partial charge in [0.1, 0.15) is 5.75 Å². The Balaban J connectivity index is 2.14. The molecule has 0 aliphatic heterocycles. The highest BCUT2D eigenvalue weighted by Gasteiger charge is 2.15. The molecule has 1 aromatic heterocycles. The molecule has 0 fully saturated rings. The normalized spacial score (nSPS) is 11.0. The van der Waals surface area contributed by atoms with Crippen LogP contribution >= 0.6 is 0 Å². The van der Waals surface area contributed by atoms with Gasteiger partial charge in [0.25, 0.3) is 15.9 Å². The summed E-state index contributed by atoms with van der Waals surface area (Å²) >= 11 is 0. The van der Waals surface area contributed by atoms with Crippen molar-refractivity contribution in [3.05, 3.63) is 36.5 Å². The van der Waals surface area contributed by atoms with Crippen molar-refractivity contribution >= 4 is 21.6 Å². The average molecular weight is 296 g/mol. The van der Waals surface area contributed by atoms with Gasteiger partial charge in [-0.3, -0.25) is 14.6 Å². The van der Waals surface area contributed by atoms with E-state index in [1.165, 1.54) is 18.3 Å². The van der Waals surface area contributed by atoms with Crippen molar-refractivity contribution in [1.82, 2.24) is 10.2 Å². The number of sulfonamides is 1. The molecule has 0 radical (unpaired) electrons. The number of hydrogen-bond donors (Lipinski definition) is 3. The highest BCUT2D eigenvalue weighted by atomic mass is 32.2. The first-order valence-corrected chi connectivity index (χ1v) is 6.99. The van der Waals surface area contributed by atoms with Gasteiger partial charge >= 0.3 is 0 Å². The van der Waals surface area contributed by atoms with Gasteiger partial charge in [-0.1, -0.05) is 6.07 Å². The molecule has 0 unspecified atom stereocenters. The summed E-state index contributed by atoms with van der Waals surface area (Å²) in [5, 5.41) is 5.88. The van der Waals surface area contributed by atoms with Crippen LogP contribution in [0.25, 0.3) is 0 Å². The number of carbonyl (C=O) groups is 1. The molecule has 4 N–H and O–H groups in total. The number of nitrogens with two attached hydrogens (primary N) is 1. The van der Waals surface area contributed by atoms with Crippen LogP contribution in [0.2, 0.25) is 0 Å². The molecule has 20 heavy (non-hydrogen) atoms. The number of aromatic amines is 1. The second-order valence-electron chi connectivity index (χ2n) is 3.81. The van der Waals surface area contributed by atoms with Gasteiger partial charge in [0.15, 0.2) is 11.6 Å². The lowest BCUT2D eigenvalue weighted by molar-refractivity contribution is -0.119. The molecule has 0 spiro atoms. The number of H-pyrrole nitrogens is 1. The molecule has 2 aromatic rings. The first-order valence-electron chi connectivity index (χ1n) is 5.51. The van der Waals surface area contributed by atoms with Crippen LogP contribution in [-0.4, -0.2) is 31.1 Å². The van der Waals surface area contributed by atoms with Crippen LogP contribution in [0.4, 0.5) is 5.69 Å². The highest BCUT2D eigenvalue weighted by molar-refractivity contribution is 7.92. The van der Waals surface area contributed by atoms with E-state index in [0.717, 1.165) is 0 Å². The zero-order valence-corrected chi connectivity index (χ0v) is 11.1. The molecule has 1 aromatic carbocycles. The Hall–Kier alpha value is -2.55. The first kappa shape index (κ1) is 13.9. The van der Waals surface area contributed by atoms with E-state index in [4.69, 9.17) is 10.5 Å². The minimum atomic E-state index is -3.73. The van der Waals surface area contributed by atoms with Crippen molar-refractivity contribution in [2.75, 3.05) is 11.3 Å². The van der Waals surface area contributed by atoms with E-state index < -0.39 is 15.9 Å². The summed E-state index contributed by atoms with van der Waals surface area (Å²) < 4.78 is 31.3. The molecule has 0 aliphatic rings. The maximum atomic E-state index is 11.9. The van der Waals surface area contributed by atoms with Gasteiger partial charge in [-0.2, -0.15) is 13.5 Å². The van der Waals surface area contributed by atoms with Crippen molar-refractivity contribution in [3.63, 3.8) is 0 Å². The number of anilines is 1. The Morgan fingerprint density at radius 1 is 1.40 bits per heavy atom. The Labute approximate surface area is 115 Å². The molecule has 2 rings (SSSR count). The third kappa shape index (κ3) is 3.48. The van der Waals surface area contributed by atoms with E-state index in [0.29, 0.717) is 11.4 Å². The lowest BCUT2D eigenvalue weighted by atomic mass is 10.3. The molecule has 0 atom stereocenters. The second-order valence-corrected chi connectivity index (χ2v) is 5.46. The number of ether oxygens (including phenoxy) is 1. The predicted molar refractivity (Wildman–Crippen MR) is 70.5 cm³/mol. The van der Waals surface area contributed by atoms with E-state index in [1.54, 1.807) is 18.2 Å². The fraction of sp³-hybridized carbons (Fsp3) is 0.0909. The third-order valence-corrected chi connectivity index (χ3v) is 3.54. The number of aromatic nitrogens is 2. The molecule has 0 saturated heterocycles. The largest absolute Gasteiger partial charge is 0.484 e. The first-order chi connectivity index (χ1) is 9.47. The molecular formula is C11H12N4O4S. The fourth-order valence-electron chi connectivity index (χ4n) is 1.41. The van der Waals surface area contributed by atoms with E-state index in [1.807, 2.05) is 0 Å². The third-order valence-electron chi connectivity index (χ3n) is 2.23. The zero-order chi connectivity index (χ0) is 14.6. The van der Waals surface area contributed by atoms with Gasteiger partial charge in [-0.25, -0.2) is 0 Å². The average Bonchev–Trinajstić information content (AvgIpc) is 2.91. The smallest absolute Gasteiger partial charge is 0.278 e.